The number of hydrogen-bond donors (Lipinski definition) is 0. The van der Waals surface area contributed by atoms with Gasteiger partial charge in [-0.2, -0.15) is 4.57 Å². The van der Waals surface area contributed by atoms with E-state index in [1.807, 2.05) is 0 Å². The molecule has 0 amide bonds. The van der Waals surface area contributed by atoms with Crippen molar-refractivity contribution in [3.8, 4) is 0 Å². The van der Waals surface area contributed by atoms with Crippen molar-refractivity contribution in [2.24, 2.45) is 0 Å². The maximum atomic E-state index is 2.56. The van der Waals surface area contributed by atoms with E-state index in [-0.39, 0.29) is 5.54 Å². The van der Waals surface area contributed by atoms with Crippen LogP contribution in [0.4, 0.5) is 0 Å². The molecule has 1 heteroatoms. The van der Waals surface area contributed by atoms with Crippen LogP contribution in [-0.2, 0) is 5.54 Å². The molecule has 0 radical (unpaired) electrons. The molecule has 0 aliphatic heterocycles. The van der Waals surface area contributed by atoms with Crippen LogP contribution in [0.5, 0.6) is 0 Å². The second-order valence-corrected chi connectivity index (χ2v) is 8.44. The molecule has 0 aliphatic carbocycles. The first-order valence-corrected chi connectivity index (χ1v) is 9.42. The number of rotatable bonds is 2. The van der Waals surface area contributed by atoms with Crippen molar-refractivity contribution in [2.45, 2.75) is 88.6 Å². The zero-order chi connectivity index (χ0) is 19.4. The molecule has 1 aromatic heterocycles. The van der Waals surface area contributed by atoms with E-state index in [1.54, 1.807) is 0 Å². The Bertz CT molecular complexity index is 737. The SMILES string of the molecule is Cc1c(C)c(C)c(C(C)(C)[n+]2c(C)c(C)c(C)c(C)c2C)c(C)c1C. The van der Waals surface area contributed by atoms with Crippen LogP contribution in [0.25, 0.3) is 0 Å². The van der Waals surface area contributed by atoms with E-state index in [4.69, 9.17) is 0 Å². The molecule has 0 atom stereocenters. The lowest BCUT2D eigenvalue weighted by molar-refractivity contribution is -0.758. The number of hydrogen-bond acceptors (Lipinski definition) is 0. The molecule has 0 saturated heterocycles. The van der Waals surface area contributed by atoms with E-state index >= 15 is 0 Å². The predicted octanol–water partition coefficient (Wildman–Crippen LogP) is 5.84. The van der Waals surface area contributed by atoms with E-state index in [2.05, 4.69) is 87.7 Å². The van der Waals surface area contributed by atoms with Crippen LogP contribution >= 0.6 is 0 Å². The summed E-state index contributed by atoms with van der Waals surface area (Å²) in [5.41, 5.74) is 15.6. The molecular formula is C24H36N+. The van der Waals surface area contributed by atoms with Crippen molar-refractivity contribution in [1.82, 2.24) is 0 Å². The van der Waals surface area contributed by atoms with Crippen LogP contribution in [0.15, 0.2) is 0 Å². The highest BCUT2D eigenvalue weighted by molar-refractivity contribution is 5.51. The van der Waals surface area contributed by atoms with E-state index in [1.165, 1.54) is 61.5 Å². The molecule has 1 aromatic carbocycles. The van der Waals surface area contributed by atoms with Gasteiger partial charge in [-0.25, -0.2) is 0 Å². The van der Waals surface area contributed by atoms with Crippen molar-refractivity contribution >= 4 is 0 Å². The Labute approximate surface area is 155 Å². The smallest absolute Gasteiger partial charge is 0.188 e. The minimum absolute atomic E-state index is 0.0885. The second kappa shape index (κ2) is 6.27. The van der Waals surface area contributed by atoms with Gasteiger partial charge >= 0.3 is 0 Å². The Balaban J connectivity index is 2.96. The Morgan fingerprint density at radius 1 is 0.440 bits per heavy atom. The molecule has 1 heterocycles. The summed E-state index contributed by atoms with van der Waals surface area (Å²) in [5.74, 6) is 0. The zero-order valence-electron chi connectivity index (χ0n) is 18.4. The predicted molar refractivity (Wildman–Crippen MR) is 109 cm³/mol. The summed E-state index contributed by atoms with van der Waals surface area (Å²) in [6, 6.07) is 0. The Hall–Kier alpha value is -1.63. The standard InChI is InChI=1S/C24H36N/c1-13-14(2)19(7)23(20(8)15(13)3)24(11,12)25-21(9)17(5)16(4)18(6)22(25)10/h1-12H3/q+1. The van der Waals surface area contributed by atoms with Gasteiger partial charge < -0.3 is 0 Å². The Morgan fingerprint density at radius 3 is 1.08 bits per heavy atom. The van der Waals surface area contributed by atoms with E-state index in [0.717, 1.165) is 0 Å². The fraction of sp³-hybridized carbons (Fsp3) is 0.542. The summed E-state index contributed by atoms with van der Waals surface area (Å²) in [6.07, 6.45) is 0. The minimum atomic E-state index is -0.0885. The Kier molecular flexibility index (Phi) is 4.94. The summed E-state index contributed by atoms with van der Waals surface area (Å²) in [6.45, 7) is 27.5. The topological polar surface area (TPSA) is 3.88 Å². The van der Waals surface area contributed by atoms with Gasteiger partial charge in [-0.1, -0.05) is 0 Å². The highest BCUT2D eigenvalue weighted by atomic mass is 15.1. The average molecular weight is 339 g/mol. The quantitative estimate of drug-likeness (QED) is 0.605. The first-order chi connectivity index (χ1) is 11.4. The van der Waals surface area contributed by atoms with Gasteiger partial charge in [0.2, 0.25) is 0 Å². The van der Waals surface area contributed by atoms with E-state index < -0.39 is 0 Å². The van der Waals surface area contributed by atoms with Crippen LogP contribution in [0.1, 0.15) is 75.3 Å². The van der Waals surface area contributed by atoms with Gasteiger partial charge in [0, 0.05) is 44.4 Å². The summed E-state index contributed by atoms with van der Waals surface area (Å²) < 4.78 is 2.56. The molecule has 0 spiro atoms. The highest BCUT2D eigenvalue weighted by Crippen LogP contribution is 2.34. The van der Waals surface area contributed by atoms with Gasteiger partial charge in [-0.3, -0.25) is 0 Å². The molecule has 0 bridgehead atoms. The number of benzene rings is 1. The lowest BCUT2D eigenvalue weighted by atomic mass is 9.79. The molecule has 0 aliphatic rings. The van der Waals surface area contributed by atoms with Crippen LogP contribution in [-0.4, -0.2) is 0 Å². The molecule has 0 fully saturated rings. The molecule has 0 saturated carbocycles. The molecule has 2 aromatic rings. The summed E-state index contributed by atoms with van der Waals surface area (Å²) in [4.78, 5) is 0. The Morgan fingerprint density at radius 2 is 0.720 bits per heavy atom. The van der Waals surface area contributed by atoms with Crippen molar-refractivity contribution in [3.63, 3.8) is 0 Å². The van der Waals surface area contributed by atoms with Crippen LogP contribution in [0.2, 0.25) is 0 Å². The molecule has 0 unspecified atom stereocenters. The van der Waals surface area contributed by atoms with Gasteiger partial charge in [0.25, 0.3) is 0 Å². The summed E-state index contributed by atoms with van der Waals surface area (Å²) in [7, 11) is 0. The zero-order valence-corrected chi connectivity index (χ0v) is 18.4. The molecular weight excluding hydrogens is 302 g/mol. The van der Waals surface area contributed by atoms with Crippen molar-refractivity contribution in [3.05, 3.63) is 61.5 Å². The fourth-order valence-corrected chi connectivity index (χ4v) is 4.78. The molecule has 25 heavy (non-hydrogen) atoms. The fourth-order valence-electron chi connectivity index (χ4n) is 4.78. The third kappa shape index (κ3) is 2.72. The van der Waals surface area contributed by atoms with Gasteiger partial charge in [0.1, 0.15) is 0 Å². The first-order valence-electron chi connectivity index (χ1n) is 9.42. The minimum Gasteiger partial charge on any atom is -0.191 e. The number of aromatic nitrogens is 1. The molecule has 136 valence electrons. The first kappa shape index (κ1) is 19.7. The molecule has 0 N–H and O–H groups in total. The molecule has 2 rings (SSSR count). The van der Waals surface area contributed by atoms with E-state index in [9.17, 15) is 0 Å². The highest BCUT2D eigenvalue weighted by Gasteiger charge is 2.39. The summed E-state index contributed by atoms with van der Waals surface area (Å²) >= 11 is 0. The van der Waals surface area contributed by atoms with Gasteiger partial charge in [-0.05, 0) is 88.8 Å². The van der Waals surface area contributed by atoms with Crippen molar-refractivity contribution in [1.29, 1.82) is 0 Å². The van der Waals surface area contributed by atoms with Crippen molar-refractivity contribution in [2.75, 3.05) is 0 Å². The second-order valence-electron chi connectivity index (χ2n) is 8.44. The van der Waals surface area contributed by atoms with Crippen LogP contribution in [0.3, 0.4) is 0 Å². The van der Waals surface area contributed by atoms with E-state index in [0.29, 0.717) is 0 Å². The van der Waals surface area contributed by atoms with Crippen molar-refractivity contribution < 1.29 is 4.57 Å². The van der Waals surface area contributed by atoms with Gasteiger partial charge in [0.15, 0.2) is 16.9 Å². The normalized spacial score (nSPS) is 12.0. The van der Waals surface area contributed by atoms with Gasteiger partial charge in [0.05, 0.1) is 0 Å². The number of pyridine rings is 1. The third-order valence-corrected chi connectivity index (χ3v) is 7.05. The molecule has 1 nitrogen and oxygen atoms in total. The third-order valence-electron chi connectivity index (χ3n) is 7.05. The lowest BCUT2D eigenvalue weighted by Gasteiger charge is -2.30. The largest absolute Gasteiger partial charge is 0.191 e. The average Bonchev–Trinajstić information content (AvgIpc) is 2.54. The van der Waals surface area contributed by atoms with Crippen LogP contribution < -0.4 is 4.57 Å². The maximum absolute atomic E-state index is 2.56. The summed E-state index contributed by atoms with van der Waals surface area (Å²) in [5, 5.41) is 0. The number of nitrogens with zero attached hydrogens (tertiary/aromatic N) is 1. The van der Waals surface area contributed by atoms with Crippen LogP contribution in [0, 0.1) is 69.2 Å². The van der Waals surface area contributed by atoms with Gasteiger partial charge in [-0.15, -0.1) is 0 Å². The lowest BCUT2D eigenvalue weighted by Crippen LogP contribution is -2.58. The maximum Gasteiger partial charge on any atom is 0.188 e. The monoisotopic (exact) mass is 338 g/mol.